The molecule has 0 spiro atoms. The molecule has 0 unspecified atom stereocenters. The minimum atomic E-state index is -0.0938. The minimum absolute atomic E-state index is 0.0938. The van der Waals surface area contributed by atoms with Crippen LogP contribution < -0.4 is 16.0 Å². The van der Waals surface area contributed by atoms with E-state index in [-0.39, 0.29) is 12.5 Å². The van der Waals surface area contributed by atoms with Gasteiger partial charge < -0.3 is 16.0 Å². The largest absolute Gasteiger partial charge is 0.360 e. The van der Waals surface area contributed by atoms with Gasteiger partial charge in [-0.1, -0.05) is 12.1 Å². The van der Waals surface area contributed by atoms with Gasteiger partial charge in [-0.05, 0) is 12.1 Å². The van der Waals surface area contributed by atoms with E-state index >= 15 is 0 Å². The first-order valence-electron chi connectivity index (χ1n) is 5.63. The summed E-state index contributed by atoms with van der Waals surface area (Å²) in [6.07, 6.45) is 0. The van der Waals surface area contributed by atoms with E-state index in [0.29, 0.717) is 11.8 Å². The van der Waals surface area contributed by atoms with Crippen LogP contribution in [0.5, 0.6) is 0 Å². The van der Waals surface area contributed by atoms with Crippen LogP contribution in [-0.4, -0.2) is 36.5 Å². The van der Waals surface area contributed by atoms with E-state index in [9.17, 15) is 4.79 Å². The molecule has 1 amide bonds. The summed E-state index contributed by atoms with van der Waals surface area (Å²) in [5, 5.41) is 9.35. The first-order valence-corrected chi connectivity index (χ1v) is 5.63. The number of hydrogen-bond donors (Lipinski definition) is 3. The molecule has 0 atom stereocenters. The summed E-state index contributed by atoms with van der Waals surface area (Å²) < 4.78 is 0. The Kier molecular flexibility index (Phi) is 3.57. The third-order valence-electron chi connectivity index (χ3n) is 2.52. The lowest BCUT2D eigenvalue weighted by atomic mass is 10.2. The van der Waals surface area contributed by atoms with Gasteiger partial charge in [-0.2, -0.15) is 4.98 Å². The average Bonchev–Trinajstić information content (AvgIpc) is 2.43. The Morgan fingerprint density at radius 2 is 2.00 bits per heavy atom. The molecule has 0 fully saturated rings. The molecular formula is C12H15N5O. The highest BCUT2D eigenvalue weighted by molar-refractivity contribution is 5.91. The number of hydrogen-bond acceptors (Lipinski definition) is 5. The Morgan fingerprint density at radius 3 is 2.72 bits per heavy atom. The average molecular weight is 245 g/mol. The minimum Gasteiger partial charge on any atom is -0.360 e. The number of carbonyl (C=O) groups excluding carboxylic acids is 1. The lowest BCUT2D eigenvalue weighted by Crippen LogP contribution is -2.26. The number of anilines is 2. The van der Waals surface area contributed by atoms with Crippen LogP contribution in [0.15, 0.2) is 24.3 Å². The molecule has 94 valence electrons. The van der Waals surface area contributed by atoms with Crippen molar-refractivity contribution in [3.63, 3.8) is 0 Å². The third-order valence-corrected chi connectivity index (χ3v) is 2.52. The van der Waals surface area contributed by atoms with Crippen molar-refractivity contribution < 1.29 is 4.79 Å². The molecule has 2 aromatic rings. The van der Waals surface area contributed by atoms with E-state index in [4.69, 9.17) is 0 Å². The Morgan fingerprint density at radius 1 is 1.22 bits per heavy atom. The van der Waals surface area contributed by atoms with Gasteiger partial charge in [0.15, 0.2) is 0 Å². The number of rotatable bonds is 4. The number of carbonyl (C=O) groups is 1. The molecule has 0 bridgehead atoms. The molecule has 1 aromatic carbocycles. The Labute approximate surface area is 105 Å². The Hall–Kier alpha value is -2.37. The highest BCUT2D eigenvalue weighted by Gasteiger charge is 2.07. The fourth-order valence-electron chi connectivity index (χ4n) is 1.58. The van der Waals surface area contributed by atoms with Crippen molar-refractivity contribution in [3.05, 3.63) is 24.3 Å². The Balaban J connectivity index is 2.37. The predicted octanol–water partition coefficient (Wildman–Crippen LogP) is 0.829. The number of nitrogens with zero attached hydrogens (tertiary/aromatic N) is 2. The van der Waals surface area contributed by atoms with Gasteiger partial charge in [-0.3, -0.25) is 4.79 Å². The molecule has 2 rings (SSSR count). The zero-order chi connectivity index (χ0) is 13.0. The van der Waals surface area contributed by atoms with E-state index in [1.807, 2.05) is 24.3 Å². The molecule has 0 aliphatic rings. The van der Waals surface area contributed by atoms with Gasteiger partial charge in [0.1, 0.15) is 5.82 Å². The molecule has 18 heavy (non-hydrogen) atoms. The Bertz CT molecular complexity index is 569. The van der Waals surface area contributed by atoms with E-state index in [0.717, 1.165) is 10.9 Å². The van der Waals surface area contributed by atoms with E-state index in [2.05, 4.69) is 25.9 Å². The molecule has 1 aromatic heterocycles. The molecule has 0 saturated heterocycles. The summed E-state index contributed by atoms with van der Waals surface area (Å²) in [4.78, 5) is 19.9. The number of para-hydroxylation sites is 1. The monoisotopic (exact) mass is 245 g/mol. The smallest absolute Gasteiger partial charge is 0.239 e. The number of amides is 1. The molecule has 0 saturated carbocycles. The third kappa shape index (κ3) is 2.48. The summed E-state index contributed by atoms with van der Waals surface area (Å²) in [5.74, 6) is 1.07. The molecule has 6 nitrogen and oxygen atoms in total. The van der Waals surface area contributed by atoms with Crippen LogP contribution >= 0.6 is 0 Å². The van der Waals surface area contributed by atoms with Crippen molar-refractivity contribution in [1.29, 1.82) is 0 Å². The van der Waals surface area contributed by atoms with Gasteiger partial charge in [0.2, 0.25) is 11.9 Å². The van der Waals surface area contributed by atoms with Crippen molar-refractivity contribution in [1.82, 2.24) is 15.3 Å². The summed E-state index contributed by atoms with van der Waals surface area (Å²) in [5.41, 5.74) is 0.830. The number of fused-ring (bicyclic) bond motifs is 1. The fraction of sp³-hybridized carbons (Fsp3) is 0.250. The number of aromatic nitrogens is 2. The van der Waals surface area contributed by atoms with Crippen LogP contribution in [0.3, 0.4) is 0 Å². The van der Waals surface area contributed by atoms with Crippen LogP contribution in [0.2, 0.25) is 0 Å². The van der Waals surface area contributed by atoms with Crippen LogP contribution in [0.1, 0.15) is 0 Å². The normalized spacial score (nSPS) is 10.1. The highest BCUT2D eigenvalue weighted by atomic mass is 16.1. The molecule has 0 radical (unpaired) electrons. The quantitative estimate of drug-likeness (QED) is 0.743. The predicted molar refractivity (Wildman–Crippen MR) is 71.6 cm³/mol. The summed E-state index contributed by atoms with van der Waals surface area (Å²) in [6.45, 7) is 0.181. The SMILES string of the molecule is CNC(=O)CNc1nc(NC)nc2ccccc12. The lowest BCUT2D eigenvalue weighted by molar-refractivity contribution is -0.118. The van der Waals surface area contributed by atoms with E-state index in [1.54, 1.807) is 14.1 Å². The van der Waals surface area contributed by atoms with Crippen molar-refractivity contribution in [2.45, 2.75) is 0 Å². The molecule has 3 N–H and O–H groups in total. The van der Waals surface area contributed by atoms with Crippen LogP contribution in [0.4, 0.5) is 11.8 Å². The second-order valence-corrected chi connectivity index (χ2v) is 3.69. The first kappa shape index (κ1) is 12.1. The topological polar surface area (TPSA) is 78.9 Å². The van der Waals surface area contributed by atoms with Crippen molar-refractivity contribution >= 4 is 28.6 Å². The van der Waals surface area contributed by atoms with Crippen molar-refractivity contribution in [2.24, 2.45) is 0 Å². The second kappa shape index (κ2) is 5.31. The number of benzene rings is 1. The van der Waals surface area contributed by atoms with Crippen LogP contribution in [0, 0.1) is 0 Å². The summed E-state index contributed by atoms with van der Waals surface area (Å²) in [6, 6.07) is 7.65. The zero-order valence-electron chi connectivity index (χ0n) is 10.3. The number of nitrogens with one attached hydrogen (secondary N) is 3. The zero-order valence-corrected chi connectivity index (χ0v) is 10.3. The van der Waals surface area contributed by atoms with Gasteiger partial charge in [0, 0.05) is 19.5 Å². The van der Waals surface area contributed by atoms with Gasteiger partial charge in [-0.15, -0.1) is 0 Å². The van der Waals surface area contributed by atoms with Gasteiger partial charge in [0.05, 0.1) is 12.1 Å². The van der Waals surface area contributed by atoms with Gasteiger partial charge in [-0.25, -0.2) is 4.98 Å². The standard InChI is InChI=1S/C12H15N5O/c1-13-10(18)7-15-11-8-5-3-4-6-9(8)16-12(14-2)17-11/h3-6H,7H2,1-2H3,(H,13,18)(H2,14,15,16,17). The van der Waals surface area contributed by atoms with Gasteiger partial charge in [0.25, 0.3) is 0 Å². The summed E-state index contributed by atoms with van der Waals surface area (Å²) >= 11 is 0. The lowest BCUT2D eigenvalue weighted by Gasteiger charge is -2.09. The molecular weight excluding hydrogens is 230 g/mol. The van der Waals surface area contributed by atoms with Crippen molar-refractivity contribution in [2.75, 3.05) is 31.3 Å². The maximum absolute atomic E-state index is 11.2. The first-order chi connectivity index (χ1) is 8.74. The molecule has 0 aliphatic heterocycles. The molecule has 6 heteroatoms. The molecule has 1 heterocycles. The fourth-order valence-corrected chi connectivity index (χ4v) is 1.58. The maximum atomic E-state index is 11.2. The van der Waals surface area contributed by atoms with Crippen LogP contribution in [0.25, 0.3) is 10.9 Å². The second-order valence-electron chi connectivity index (χ2n) is 3.69. The molecule has 0 aliphatic carbocycles. The van der Waals surface area contributed by atoms with Crippen LogP contribution in [-0.2, 0) is 4.79 Å². The number of likely N-dealkylation sites (N-methyl/N-ethyl adjacent to an activating group) is 1. The van der Waals surface area contributed by atoms with E-state index < -0.39 is 0 Å². The van der Waals surface area contributed by atoms with Gasteiger partial charge >= 0.3 is 0 Å². The highest BCUT2D eigenvalue weighted by Crippen LogP contribution is 2.21. The maximum Gasteiger partial charge on any atom is 0.239 e. The van der Waals surface area contributed by atoms with E-state index in [1.165, 1.54) is 0 Å². The summed E-state index contributed by atoms with van der Waals surface area (Å²) in [7, 11) is 3.35. The van der Waals surface area contributed by atoms with Crippen molar-refractivity contribution in [3.8, 4) is 0 Å².